The van der Waals surface area contributed by atoms with Crippen LogP contribution in [-0.2, 0) is 4.74 Å². The zero-order chi connectivity index (χ0) is 13.9. The second-order valence-electron chi connectivity index (χ2n) is 4.92. The molecule has 98 valence electrons. The molecule has 1 aromatic rings. The van der Waals surface area contributed by atoms with Crippen molar-refractivity contribution in [1.29, 1.82) is 0 Å². The molecule has 0 spiro atoms. The Bertz CT molecular complexity index is 478. The van der Waals surface area contributed by atoms with Gasteiger partial charge < -0.3 is 4.74 Å². The zero-order valence-corrected chi connectivity index (χ0v) is 13.0. The number of halogens is 1. The Hall–Kier alpha value is -1.11. The van der Waals surface area contributed by atoms with E-state index in [0.717, 1.165) is 15.4 Å². The summed E-state index contributed by atoms with van der Waals surface area (Å²) in [7, 11) is 0. The second kappa shape index (κ2) is 5.69. The topological polar surface area (TPSA) is 55.4 Å². The molecule has 5 heteroatoms. The minimum Gasteiger partial charge on any atom is -0.444 e. The monoisotopic (exact) mass is 361 g/mol. The molecule has 0 saturated heterocycles. The van der Waals surface area contributed by atoms with Crippen LogP contribution in [0.5, 0.6) is 0 Å². The van der Waals surface area contributed by atoms with Crippen LogP contribution in [0.1, 0.15) is 36.7 Å². The molecule has 0 aromatic heterocycles. The molecule has 0 saturated carbocycles. The Kier molecular flexibility index (Phi) is 4.72. The van der Waals surface area contributed by atoms with Crippen LogP contribution in [0, 0.1) is 10.5 Å². The van der Waals surface area contributed by atoms with Crippen molar-refractivity contribution >= 4 is 40.7 Å². The number of carbonyl (C=O) groups is 2. The summed E-state index contributed by atoms with van der Waals surface area (Å²) in [6.45, 7) is 7.25. The van der Waals surface area contributed by atoms with Gasteiger partial charge in [0.1, 0.15) is 11.9 Å². The van der Waals surface area contributed by atoms with Gasteiger partial charge in [0.25, 0.3) is 0 Å². The first-order chi connectivity index (χ1) is 8.23. The molecular weight excluding hydrogens is 345 g/mol. The summed E-state index contributed by atoms with van der Waals surface area (Å²) in [6.07, 6.45) is 0.247. The molecule has 1 N–H and O–H groups in total. The summed E-state index contributed by atoms with van der Waals surface area (Å²) < 4.78 is 6.06. The summed E-state index contributed by atoms with van der Waals surface area (Å²) in [6, 6.07) is 3.43. The minimum absolute atomic E-state index is 0.529. The lowest BCUT2D eigenvalue weighted by Crippen LogP contribution is -2.27. The number of ether oxygens (including phenoxy) is 1. The highest BCUT2D eigenvalue weighted by atomic mass is 127. The second-order valence-corrected chi connectivity index (χ2v) is 6.08. The van der Waals surface area contributed by atoms with Crippen molar-refractivity contribution in [2.24, 2.45) is 0 Å². The number of amides is 1. The van der Waals surface area contributed by atoms with Crippen LogP contribution >= 0.6 is 22.6 Å². The molecule has 1 amide bonds. The molecule has 0 bridgehead atoms. The maximum absolute atomic E-state index is 11.6. The third kappa shape index (κ3) is 4.29. The molecule has 0 heterocycles. The quantitative estimate of drug-likeness (QED) is 0.645. The Balaban J connectivity index is 2.89. The molecule has 0 aliphatic heterocycles. The van der Waals surface area contributed by atoms with Crippen molar-refractivity contribution < 1.29 is 14.3 Å². The van der Waals surface area contributed by atoms with Crippen molar-refractivity contribution in [3.63, 3.8) is 0 Å². The largest absolute Gasteiger partial charge is 0.444 e. The molecule has 0 aliphatic carbocycles. The van der Waals surface area contributed by atoms with E-state index in [0.29, 0.717) is 11.3 Å². The van der Waals surface area contributed by atoms with Gasteiger partial charge >= 0.3 is 6.09 Å². The van der Waals surface area contributed by atoms with Gasteiger partial charge in [-0.15, -0.1) is 0 Å². The Morgan fingerprint density at radius 3 is 2.50 bits per heavy atom. The third-order valence-electron chi connectivity index (χ3n) is 2.16. The van der Waals surface area contributed by atoms with E-state index >= 15 is 0 Å². The third-order valence-corrected chi connectivity index (χ3v) is 3.28. The Labute approximate surface area is 120 Å². The summed E-state index contributed by atoms with van der Waals surface area (Å²) in [5.41, 5.74) is 1.48. The van der Waals surface area contributed by atoms with Crippen molar-refractivity contribution in [2.75, 3.05) is 5.32 Å². The molecule has 0 atom stereocenters. The number of nitrogens with one attached hydrogen (secondary N) is 1. The van der Waals surface area contributed by atoms with E-state index < -0.39 is 11.7 Å². The Morgan fingerprint density at radius 1 is 1.39 bits per heavy atom. The molecular formula is C13H16INO3. The molecule has 4 nitrogen and oxygen atoms in total. The number of benzene rings is 1. The highest BCUT2D eigenvalue weighted by molar-refractivity contribution is 14.1. The van der Waals surface area contributed by atoms with Gasteiger partial charge in [-0.2, -0.15) is 0 Å². The number of anilines is 1. The van der Waals surface area contributed by atoms with Gasteiger partial charge in [0.15, 0.2) is 0 Å². The standard InChI is InChI=1S/C13H16INO3/c1-8-9(7-16)5-10(6-11(8)14)15-12(17)18-13(2,3)4/h5-7H,1-4H3,(H,15,17). The van der Waals surface area contributed by atoms with Gasteiger partial charge in [0.05, 0.1) is 0 Å². The van der Waals surface area contributed by atoms with Gasteiger partial charge in [0, 0.05) is 14.8 Å². The van der Waals surface area contributed by atoms with Crippen LogP contribution in [0.3, 0.4) is 0 Å². The Morgan fingerprint density at radius 2 is 2.00 bits per heavy atom. The predicted octanol–water partition coefficient (Wildman–Crippen LogP) is 3.76. The van der Waals surface area contributed by atoms with Crippen molar-refractivity contribution in [2.45, 2.75) is 33.3 Å². The van der Waals surface area contributed by atoms with Crippen molar-refractivity contribution in [3.8, 4) is 0 Å². The van der Waals surface area contributed by atoms with Crippen LogP contribution < -0.4 is 5.32 Å². The summed E-state index contributed by atoms with van der Waals surface area (Å²) in [5.74, 6) is 0. The minimum atomic E-state index is -0.546. The van der Waals surface area contributed by atoms with E-state index in [9.17, 15) is 9.59 Å². The van der Waals surface area contributed by atoms with Crippen molar-refractivity contribution in [3.05, 3.63) is 26.8 Å². The van der Waals surface area contributed by atoms with Gasteiger partial charge in [-0.25, -0.2) is 4.79 Å². The molecule has 1 rings (SSSR count). The number of rotatable bonds is 2. The summed E-state index contributed by atoms with van der Waals surface area (Å²) in [4.78, 5) is 22.5. The van der Waals surface area contributed by atoms with Gasteiger partial charge in [-0.05, 0) is 68.0 Å². The lowest BCUT2D eigenvalue weighted by molar-refractivity contribution is 0.0635. The van der Waals surface area contributed by atoms with E-state index in [1.165, 1.54) is 0 Å². The lowest BCUT2D eigenvalue weighted by atomic mass is 10.1. The average Bonchev–Trinajstić information content (AvgIpc) is 2.20. The smallest absolute Gasteiger partial charge is 0.412 e. The molecule has 0 radical (unpaired) electrons. The number of aldehydes is 1. The molecule has 0 fully saturated rings. The first-order valence-electron chi connectivity index (χ1n) is 5.48. The maximum atomic E-state index is 11.6. The normalized spacial score (nSPS) is 10.9. The fourth-order valence-electron chi connectivity index (χ4n) is 1.32. The fraction of sp³-hybridized carbons (Fsp3) is 0.385. The van der Waals surface area contributed by atoms with Gasteiger partial charge in [0.2, 0.25) is 0 Å². The first kappa shape index (κ1) is 14.9. The number of carbonyl (C=O) groups excluding carboxylic acids is 2. The lowest BCUT2D eigenvalue weighted by Gasteiger charge is -2.20. The molecule has 0 aliphatic rings. The van der Waals surface area contributed by atoms with E-state index in [-0.39, 0.29) is 0 Å². The van der Waals surface area contributed by atoms with E-state index in [1.54, 1.807) is 32.9 Å². The first-order valence-corrected chi connectivity index (χ1v) is 6.56. The van der Waals surface area contributed by atoms with E-state index in [1.807, 2.05) is 6.92 Å². The molecule has 1 aromatic carbocycles. The average molecular weight is 361 g/mol. The molecule has 0 unspecified atom stereocenters. The maximum Gasteiger partial charge on any atom is 0.412 e. The molecule has 18 heavy (non-hydrogen) atoms. The zero-order valence-electron chi connectivity index (χ0n) is 10.8. The van der Waals surface area contributed by atoms with Gasteiger partial charge in [-0.3, -0.25) is 10.1 Å². The highest BCUT2D eigenvalue weighted by Crippen LogP contribution is 2.21. The summed E-state index contributed by atoms with van der Waals surface area (Å²) >= 11 is 2.12. The predicted molar refractivity (Wildman–Crippen MR) is 79.1 cm³/mol. The van der Waals surface area contributed by atoms with Crippen LogP contribution in [0.4, 0.5) is 10.5 Å². The fourth-order valence-corrected chi connectivity index (χ4v) is 1.96. The number of hydrogen-bond donors (Lipinski definition) is 1. The van der Waals surface area contributed by atoms with Crippen molar-refractivity contribution in [1.82, 2.24) is 0 Å². The summed E-state index contributed by atoms with van der Waals surface area (Å²) in [5, 5.41) is 2.62. The van der Waals surface area contributed by atoms with Crippen LogP contribution in [0.25, 0.3) is 0 Å². The van der Waals surface area contributed by atoms with E-state index in [4.69, 9.17) is 4.74 Å². The number of hydrogen-bond acceptors (Lipinski definition) is 3. The van der Waals surface area contributed by atoms with Crippen LogP contribution in [0.15, 0.2) is 12.1 Å². The SMILES string of the molecule is Cc1c(I)cc(NC(=O)OC(C)(C)C)cc1C=O. The highest BCUT2D eigenvalue weighted by Gasteiger charge is 2.16. The van der Waals surface area contributed by atoms with Crippen LogP contribution in [0.2, 0.25) is 0 Å². The van der Waals surface area contributed by atoms with Crippen LogP contribution in [-0.4, -0.2) is 18.0 Å². The van der Waals surface area contributed by atoms with Gasteiger partial charge in [-0.1, -0.05) is 0 Å². The van der Waals surface area contributed by atoms with E-state index in [2.05, 4.69) is 27.9 Å².